The van der Waals surface area contributed by atoms with Crippen LogP contribution < -0.4 is 10.6 Å². The van der Waals surface area contributed by atoms with E-state index < -0.39 is 11.9 Å². The van der Waals surface area contributed by atoms with Crippen molar-refractivity contribution >= 4 is 23.6 Å². The van der Waals surface area contributed by atoms with E-state index >= 15 is 0 Å². The van der Waals surface area contributed by atoms with E-state index in [1.54, 1.807) is 18.2 Å². The summed E-state index contributed by atoms with van der Waals surface area (Å²) in [5, 5.41) is 14.9. The fraction of sp³-hybridized carbons (Fsp3) is 0.278. The summed E-state index contributed by atoms with van der Waals surface area (Å²) >= 11 is 0. The number of benzene rings is 1. The summed E-state index contributed by atoms with van der Waals surface area (Å²) in [6, 6.07) is 10.6. The number of aromatic nitrogens is 1. The van der Waals surface area contributed by atoms with Crippen molar-refractivity contribution in [1.29, 1.82) is 0 Å². The lowest BCUT2D eigenvalue weighted by Crippen LogP contribution is -2.41. The van der Waals surface area contributed by atoms with E-state index in [9.17, 15) is 14.0 Å². The molecule has 2 amide bonds. The van der Waals surface area contributed by atoms with Gasteiger partial charge < -0.3 is 20.6 Å². The van der Waals surface area contributed by atoms with E-state index in [1.807, 2.05) is 0 Å². The smallest absolute Gasteiger partial charge is 0.407 e. The first-order valence-corrected chi connectivity index (χ1v) is 8.29. The number of nitrogens with one attached hydrogen (secondary N) is 2. The quantitative estimate of drug-likeness (QED) is 0.781. The standard InChI is InChI=1S/C18H19FN4O3/c19-13-6-4-12(5-7-13)17(24)22-16-3-1-2-15(21-16)20-14-8-10-23(11-9-14)18(25)26/h1-7,14H,8-11H2,(H,25,26)(H2,20,21,22,24). The van der Waals surface area contributed by atoms with Crippen LogP contribution in [-0.4, -0.2) is 46.1 Å². The van der Waals surface area contributed by atoms with E-state index in [2.05, 4.69) is 15.6 Å². The summed E-state index contributed by atoms with van der Waals surface area (Å²) in [7, 11) is 0. The van der Waals surface area contributed by atoms with Crippen LogP contribution in [0.1, 0.15) is 23.2 Å². The van der Waals surface area contributed by atoms with Gasteiger partial charge in [-0.1, -0.05) is 6.07 Å². The molecule has 136 valence electrons. The van der Waals surface area contributed by atoms with Gasteiger partial charge in [-0.15, -0.1) is 0 Å². The molecule has 1 fully saturated rings. The van der Waals surface area contributed by atoms with Gasteiger partial charge in [0.15, 0.2) is 0 Å². The number of carbonyl (C=O) groups is 2. The van der Waals surface area contributed by atoms with Gasteiger partial charge in [0.25, 0.3) is 5.91 Å². The number of rotatable bonds is 4. The first kappa shape index (κ1) is 17.7. The van der Waals surface area contributed by atoms with E-state index in [0.717, 1.165) is 0 Å². The van der Waals surface area contributed by atoms with Crippen LogP contribution in [0.3, 0.4) is 0 Å². The Balaban J connectivity index is 1.59. The van der Waals surface area contributed by atoms with Crippen LogP contribution in [-0.2, 0) is 0 Å². The Kier molecular flexibility index (Phi) is 5.31. The highest BCUT2D eigenvalue weighted by Crippen LogP contribution is 2.17. The van der Waals surface area contributed by atoms with Gasteiger partial charge in [-0.05, 0) is 49.2 Å². The molecule has 8 heteroatoms. The lowest BCUT2D eigenvalue weighted by atomic mass is 10.1. The van der Waals surface area contributed by atoms with Crippen LogP contribution in [0.15, 0.2) is 42.5 Å². The predicted octanol–water partition coefficient (Wildman–Crippen LogP) is 3.03. The van der Waals surface area contributed by atoms with E-state index in [4.69, 9.17) is 5.11 Å². The molecular weight excluding hydrogens is 339 g/mol. The van der Waals surface area contributed by atoms with E-state index in [0.29, 0.717) is 43.1 Å². The lowest BCUT2D eigenvalue weighted by molar-refractivity contribution is 0.102. The molecule has 1 saturated heterocycles. The van der Waals surface area contributed by atoms with Crippen molar-refractivity contribution in [2.45, 2.75) is 18.9 Å². The normalized spacial score (nSPS) is 14.7. The molecule has 1 aromatic carbocycles. The topological polar surface area (TPSA) is 94.6 Å². The molecule has 7 nitrogen and oxygen atoms in total. The summed E-state index contributed by atoms with van der Waals surface area (Å²) in [5.74, 6) is 0.215. The van der Waals surface area contributed by atoms with Crippen LogP contribution >= 0.6 is 0 Å². The number of carboxylic acid groups (broad SMARTS) is 1. The number of amides is 2. The van der Waals surface area contributed by atoms with Crippen LogP contribution in [0.5, 0.6) is 0 Å². The Morgan fingerprint density at radius 1 is 1.08 bits per heavy atom. The van der Waals surface area contributed by atoms with Crippen molar-refractivity contribution < 1.29 is 19.1 Å². The summed E-state index contributed by atoms with van der Waals surface area (Å²) in [5.41, 5.74) is 0.340. The highest BCUT2D eigenvalue weighted by Gasteiger charge is 2.22. The molecule has 0 aliphatic carbocycles. The molecule has 3 N–H and O–H groups in total. The van der Waals surface area contributed by atoms with E-state index in [1.165, 1.54) is 29.2 Å². The zero-order valence-corrected chi connectivity index (χ0v) is 14.0. The van der Waals surface area contributed by atoms with Crippen LogP contribution in [0.2, 0.25) is 0 Å². The maximum atomic E-state index is 12.9. The second-order valence-electron chi connectivity index (χ2n) is 6.06. The van der Waals surface area contributed by atoms with Crippen molar-refractivity contribution in [2.24, 2.45) is 0 Å². The number of halogens is 1. The minimum Gasteiger partial charge on any atom is -0.465 e. The number of hydrogen-bond acceptors (Lipinski definition) is 4. The molecule has 0 radical (unpaired) electrons. The predicted molar refractivity (Wildman–Crippen MR) is 94.8 cm³/mol. The molecule has 2 heterocycles. The highest BCUT2D eigenvalue weighted by atomic mass is 19.1. The zero-order valence-electron chi connectivity index (χ0n) is 14.0. The Bertz CT molecular complexity index is 789. The maximum Gasteiger partial charge on any atom is 0.407 e. The van der Waals surface area contributed by atoms with Gasteiger partial charge in [0.1, 0.15) is 17.5 Å². The van der Waals surface area contributed by atoms with Crippen molar-refractivity contribution in [2.75, 3.05) is 23.7 Å². The van der Waals surface area contributed by atoms with Crippen LogP contribution in [0, 0.1) is 5.82 Å². The Labute approximate surface area is 149 Å². The lowest BCUT2D eigenvalue weighted by Gasteiger charge is -2.30. The largest absolute Gasteiger partial charge is 0.465 e. The van der Waals surface area contributed by atoms with E-state index in [-0.39, 0.29) is 11.9 Å². The molecular formula is C18H19FN4O3. The minimum absolute atomic E-state index is 0.126. The van der Waals surface area contributed by atoms with Crippen molar-refractivity contribution in [3.63, 3.8) is 0 Å². The third-order valence-corrected chi connectivity index (χ3v) is 4.21. The molecule has 26 heavy (non-hydrogen) atoms. The fourth-order valence-corrected chi connectivity index (χ4v) is 2.80. The van der Waals surface area contributed by atoms with Crippen molar-refractivity contribution in [1.82, 2.24) is 9.88 Å². The molecule has 0 spiro atoms. The third-order valence-electron chi connectivity index (χ3n) is 4.21. The number of likely N-dealkylation sites (tertiary alicyclic amines) is 1. The summed E-state index contributed by atoms with van der Waals surface area (Å²) in [6.07, 6.45) is 0.493. The van der Waals surface area contributed by atoms with Gasteiger partial charge in [-0.25, -0.2) is 14.2 Å². The monoisotopic (exact) mass is 358 g/mol. The SMILES string of the molecule is O=C(Nc1cccc(NC2CCN(C(=O)O)CC2)n1)c1ccc(F)cc1. The van der Waals surface area contributed by atoms with Crippen LogP contribution in [0.25, 0.3) is 0 Å². The molecule has 0 atom stereocenters. The summed E-state index contributed by atoms with van der Waals surface area (Å²) in [4.78, 5) is 28.9. The number of hydrogen-bond donors (Lipinski definition) is 3. The Hall–Kier alpha value is -3.16. The fourth-order valence-electron chi connectivity index (χ4n) is 2.80. The Morgan fingerprint density at radius 2 is 1.73 bits per heavy atom. The average Bonchev–Trinajstić information content (AvgIpc) is 2.63. The average molecular weight is 358 g/mol. The minimum atomic E-state index is -0.896. The van der Waals surface area contributed by atoms with Gasteiger partial charge in [0.05, 0.1) is 0 Å². The maximum absolute atomic E-state index is 12.9. The van der Waals surface area contributed by atoms with Gasteiger partial charge in [0, 0.05) is 24.7 Å². The Morgan fingerprint density at radius 3 is 2.38 bits per heavy atom. The van der Waals surface area contributed by atoms with Gasteiger partial charge in [0.2, 0.25) is 0 Å². The van der Waals surface area contributed by atoms with Gasteiger partial charge >= 0.3 is 6.09 Å². The van der Waals surface area contributed by atoms with Crippen molar-refractivity contribution in [3.8, 4) is 0 Å². The highest BCUT2D eigenvalue weighted by molar-refractivity contribution is 6.03. The van der Waals surface area contributed by atoms with Gasteiger partial charge in [-0.3, -0.25) is 4.79 Å². The second kappa shape index (κ2) is 7.81. The molecule has 0 saturated carbocycles. The van der Waals surface area contributed by atoms with Crippen LogP contribution in [0.4, 0.5) is 20.8 Å². The first-order valence-electron chi connectivity index (χ1n) is 8.29. The number of anilines is 2. The third kappa shape index (κ3) is 4.47. The molecule has 2 aromatic rings. The molecule has 0 bridgehead atoms. The second-order valence-corrected chi connectivity index (χ2v) is 6.06. The molecule has 3 rings (SSSR count). The van der Waals surface area contributed by atoms with Gasteiger partial charge in [-0.2, -0.15) is 0 Å². The zero-order chi connectivity index (χ0) is 18.5. The molecule has 1 aliphatic rings. The first-order chi connectivity index (χ1) is 12.5. The van der Waals surface area contributed by atoms with Crippen molar-refractivity contribution in [3.05, 3.63) is 53.8 Å². The summed E-state index contributed by atoms with van der Waals surface area (Å²) in [6.45, 7) is 0.960. The number of pyridine rings is 1. The number of piperidine rings is 1. The summed E-state index contributed by atoms with van der Waals surface area (Å²) < 4.78 is 12.9. The number of nitrogens with zero attached hydrogens (tertiary/aromatic N) is 2. The number of carbonyl (C=O) groups excluding carboxylic acids is 1. The molecule has 1 aliphatic heterocycles. The molecule has 1 aromatic heterocycles. The molecule has 0 unspecified atom stereocenters.